The Bertz CT molecular complexity index is 1140. The number of pyridine rings is 1. The highest BCUT2D eigenvalue weighted by Crippen LogP contribution is 2.46. The number of anilines is 3. The maximum Gasteiger partial charge on any atom is 0.324 e. The van der Waals surface area contributed by atoms with Crippen LogP contribution in [0.5, 0.6) is 0 Å². The van der Waals surface area contributed by atoms with Gasteiger partial charge < -0.3 is 10.6 Å². The predicted octanol–water partition coefficient (Wildman–Crippen LogP) is 4.64. The van der Waals surface area contributed by atoms with Crippen molar-refractivity contribution in [3.05, 3.63) is 68.6 Å². The summed E-state index contributed by atoms with van der Waals surface area (Å²) in [6.07, 6.45) is 2.13. The van der Waals surface area contributed by atoms with Gasteiger partial charge in [0.1, 0.15) is 17.8 Å². The molecule has 10 heteroatoms. The number of nitroso groups, excluding NO2 is 1. The van der Waals surface area contributed by atoms with Crippen LogP contribution < -0.4 is 10.6 Å². The highest BCUT2D eigenvalue weighted by molar-refractivity contribution is 6.36. The Morgan fingerprint density at radius 3 is 2.64 bits per heavy atom. The zero-order valence-electron chi connectivity index (χ0n) is 14.4. The number of nitriles is 1. The van der Waals surface area contributed by atoms with E-state index < -0.39 is 6.17 Å². The van der Waals surface area contributed by atoms with Gasteiger partial charge in [-0.2, -0.15) is 5.26 Å². The van der Waals surface area contributed by atoms with Gasteiger partial charge in [-0.05, 0) is 25.1 Å². The van der Waals surface area contributed by atoms with E-state index in [1.807, 2.05) is 13.0 Å². The summed E-state index contributed by atoms with van der Waals surface area (Å²) in [6.45, 7) is 1.84. The van der Waals surface area contributed by atoms with E-state index in [1.54, 1.807) is 18.3 Å². The van der Waals surface area contributed by atoms with Crippen LogP contribution in [0.4, 0.5) is 23.0 Å². The summed E-state index contributed by atoms with van der Waals surface area (Å²) in [5.74, 6) is 0.848. The second-order valence-electron chi connectivity index (χ2n) is 6.06. The number of hydrogen-bond donors (Lipinski definition) is 2. The van der Waals surface area contributed by atoms with Gasteiger partial charge in [-0.3, -0.25) is 0 Å². The third kappa shape index (κ3) is 3.11. The molecule has 4 rings (SSSR count). The van der Waals surface area contributed by atoms with Crippen LogP contribution in [0.2, 0.25) is 10.0 Å². The van der Waals surface area contributed by atoms with Gasteiger partial charge in [-0.25, -0.2) is 15.0 Å². The normalized spacial score (nSPS) is 14.9. The van der Waals surface area contributed by atoms with Crippen molar-refractivity contribution in [2.24, 2.45) is 0 Å². The minimum absolute atomic E-state index is 0.226. The largest absolute Gasteiger partial charge is 0.324 e. The lowest BCUT2D eigenvalue weighted by Crippen LogP contribution is -2.15. The average Bonchev–Trinajstić information content (AvgIpc) is 2.98. The van der Waals surface area contributed by atoms with Crippen molar-refractivity contribution < 1.29 is 4.76 Å². The molecule has 0 saturated carbocycles. The predicted molar refractivity (Wildman–Crippen MR) is 105 cm³/mol. The van der Waals surface area contributed by atoms with Gasteiger partial charge in [-0.15, -0.1) is 0 Å². The van der Waals surface area contributed by atoms with Crippen LogP contribution in [-0.4, -0.2) is 19.7 Å². The third-order valence-electron chi connectivity index (χ3n) is 4.20. The first-order valence-corrected chi connectivity index (χ1v) is 8.90. The Balaban J connectivity index is 1.73. The number of benzene rings is 1. The number of nitrogens with one attached hydrogen (secondary N) is 2. The number of aryl methyl sites for hydroxylation is 1. The molecule has 0 aliphatic carbocycles. The van der Waals surface area contributed by atoms with E-state index in [0.717, 1.165) is 10.5 Å². The third-order valence-corrected chi connectivity index (χ3v) is 4.83. The van der Waals surface area contributed by atoms with Gasteiger partial charge in [0.2, 0.25) is 5.82 Å². The fourth-order valence-corrected chi connectivity index (χ4v) is 3.66. The standard InChI is InChI=1S/C18H12Cl2N7O/c1-9-4-14(24-8-23-9)26-17-16-13(2-3-22-17)25-18(27(16)28)15-11(19)5-10(7-21)6-12(15)20/h2-6,8,18,25H,1H3,(H,22,23,24,26)/q+1. The topological polar surface area (TPSA) is 107 Å². The molecule has 1 aromatic carbocycles. The van der Waals surface area contributed by atoms with E-state index in [-0.39, 0.29) is 10.0 Å². The van der Waals surface area contributed by atoms with Crippen LogP contribution in [0.15, 0.2) is 36.8 Å². The Hall–Kier alpha value is -3.28. The van der Waals surface area contributed by atoms with Gasteiger partial charge in [0.15, 0.2) is 0 Å². The van der Waals surface area contributed by atoms with E-state index >= 15 is 0 Å². The van der Waals surface area contributed by atoms with Gasteiger partial charge in [-0.1, -0.05) is 23.2 Å². The molecule has 0 bridgehead atoms. The van der Waals surface area contributed by atoms with E-state index in [4.69, 9.17) is 28.5 Å². The quantitative estimate of drug-likeness (QED) is 0.603. The molecular formula is C18H12Cl2N7O+. The number of halogens is 2. The lowest BCUT2D eigenvalue weighted by Gasteiger charge is -2.09. The Morgan fingerprint density at radius 2 is 1.96 bits per heavy atom. The molecule has 2 N–H and O–H groups in total. The molecule has 28 heavy (non-hydrogen) atoms. The van der Waals surface area contributed by atoms with E-state index in [9.17, 15) is 4.91 Å². The van der Waals surface area contributed by atoms with Gasteiger partial charge in [0, 0.05) is 22.9 Å². The molecule has 0 spiro atoms. The number of aromatic nitrogens is 3. The number of hydrogen-bond acceptors (Lipinski definition) is 7. The molecule has 0 saturated heterocycles. The molecule has 3 heterocycles. The fraction of sp³-hybridized carbons (Fsp3) is 0.111. The van der Waals surface area contributed by atoms with Crippen LogP contribution >= 0.6 is 23.2 Å². The first-order chi connectivity index (χ1) is 13.5. The van der Waals surface area contributed by atoms with Crippen LogP contribution in [0.1, 0.15) is 23.0 Å². The first kappa shape index (κ1) is 18.1. The van der Waals surface area contributed by atoms with Crippen LogP contribution in [-0.2, 0) is 0 Å². The number of nitrogens with zero attached hydrogens (tertiary/aromatic N) is 5. The van der Waals surface area contributed by atoms with E-state index in [2.05, 4.69) is 25.6 Å². The molecular weight excluding hydrogens is 401 g/mol. The lowest BCUT2D eigenvalue weighted by atomic mass is 10.1. The molecule has 1 atom stereocenters. The first-order valence-electron chi connectivity index (χ1n) is 8.14. The molecule has 2 aromatic heterocycles. The Labute approximate surface area is 169 Å². The molecule has 3 aromatic rings. The minimum Gasteiger partial charge on any atom is -0.319 e. The van der Waals surface area contributed by atoms with E-state index in [1.165, 1.54) is 18.5 Å². The van der Waals surface area contributed by atoms with Crippen LogP contribution in [0.3, 0.4) is 0 Å². The highest BCUT2D eigenvalue weighted by atomic mass is 35.5. The molecule has 138 valence electrons. The summed E-state index contributed by atoms with van der Waals surface area (Å²) >= 11 is 12.6. The fourth-order valence-electron chi connectivity index (χ4n) is 2.96. The van der Waals surface area contributed by atoms with Crippen molar-refractivity contribution >= 4 is 46.2 Å². The summed E-state index contributed by atoms with van der Waals surface area (Å²) in [7, 11) is 0. The lowest BCUT2D eigenvalue weighted by molar-refractivity contribution is -0.495. The average molecular weight is 413 g/mol. The van der Waals surface area contributed by atoms with Crippen molar-refractivity contribution in [3.63, 3.8) is 0 Å². The second kappa shape index (κ2) is 7.03. The Kier molecular flexibility index (Phi) is 4.55. The molecule has 0 radical (unpaired) electrons. The SMILES string of the molecule is Cc1cc(Nc2nccc3c2[N+](=O)C(c2c(Cl)cc(C#N)cc2Cl)N3)ncn1. The summed E-state index contributed by atoms with van der Waals surface area (Å²) in [6, 6.07) is 8.35. The number of rotatable bonds is 3. The molecule has 8 nitrogen and oxygen atoms in total. The van der Waals surface area contributed by atoms with Crippen molar-refractivity contribution in [1.29, 1.82) is 5.26 Å². The number of fused-ring (bicyclic) bond motifs is 1. The van der Waals surface area contributed by atoms with Crippen molar-refractivity contribution in [2.75, 3.05) is 10.6 Å². The molecule has 0 fully saturated rings. The molecule has 1 aliphatic rings. The molecule has 1 aliphatic heterocycles. The van der Waals surface area contributed by atoms with Crippen molar-refractivity contribution in [3.8, 4) is 6.07 Å². The zero-order chi connectivity index (χ0) is 19.8. The smallest absolute Gasteiger partial charge is 0.319 e. The van der Waals surface area contributed by atoms with Crippen molar-refractivity contribution in [2.45, 2.75) is 13.1 Å². The van der Waals surface area contributed by atoms with Crippen LogP contribution in [0, 0.1) is 23.2 Å². The summed E-state index contributed by atoms with van der Waals surface area (Å²) in [5.41, 5.74) is 2.35. The second-order valence-corrected chi connectivity index (χ2v) is 6.88. The summed E-state index contributed by atoms with van der Waals surface area (Å²) in [4.78, 5) is 25.5. The monoisotopic (exact) mass is 412 g/mol. The Morgan fingerprint density at radius 1 is 1.21 bits per heavy atom. The van der Waals surface area contributed by atoms with Gasteiger partial charge in [0.05, 0.1) is 32.0 Å². The highest BCUT2D eigenvalue weighted by Gasteiger charge is 2.44. The molecule has 1 unspecified atom stereocenters. The maximum absolute atomic E-state index is 13.1. The van der Waals surface area contributed by atoms with Gasteiger partial charge in [0.25, 0.3) is 0 Å². The van der Waals surface area contributed by atoms with Gasteiger partial charge >= 0.3 is 11.9 Å². The van der Waals surface area contributed by atoms with Crippen LogP contribution in [0.25, 0.3) is 0 Å². The molecule has 0 amide bonds. The maximum atomic E-state index is 13.1. The zero-order valence-corrected chi connectivity index (χ0v) is 16.0. The van der Waals surface area contributed by atoms with E-state index in [0.29, 0.717) is 34.1 Å². The van der Waals surface area contributed by atoms with Crippen molar-refractivity contribution in [1.82, 2.24) is 15.0 Å². The summed E-state index contributed by atoms with van der Waals surface area (Å²) in [5, 5.41) is 15.7. The minimum atomic E-state index is -0.861. The summed E-state index contributed by atoms with van der Waals surface area (Å²) < 4.78 is 0.748.